The van der Waals surface area contributed by atoms with Gasteiger partial charge in [0.15, 0.2) is 0 Å². The molecule has 1 aliphatic carbocycles. The van der Waals surface area contributed by atoms with Crippen LogP contribution in [-0.4, -0.2) is 18.6 Å². The Morgan fingerprint density at radius 1 is 1.58 bits per heavy atom. The summed E-state index contributed by atoms with van der Waals surface area (Å²) in [5.74, 6) is 0.397. The fraction of sp³-hybridized carbons (Fsp3) is 0.533. The lowest BCUT2D eigenvalue weighted by Gasteiger charge is -2.29. The van der Waals surface area contributed by atoms with E-state index in [0.717, 1.165) is 31.4 Å². The summed E-state index contributed by atoms with van der Waals surface area (Å²) < 4.78 is 5.00. The van der Waals surface area contributed by atoms with E-state index < -0.39 is 5.54 Å². The van der Waals surface area contributed by atoms with E-state index in [1.807, 2.05) is 24.3 Å². The maximum atomic E-state index is 12.2. The van der Waals surface area contributed by atoms with Gasteiger partial charge >= 0.3 is 5.97 Å². The van der Waals surface area contributed by atoms with E-state index in [9.17, 15) is 4.79 Å². The van der Waals surface area contributed by atoms with Crippen molar-refractivity contribution in [1.82, 2.24) is 0 Å². The van der Waals surface area contributed by atoms with Crippen molar-refractivity contribution in [2.75, 3.05) is 12.4 Å². The summed E-state index contributed by atoms with van der Waals surface area (Å²) in [6.07, 6.45) is 3.78. The molecule has 2 unspecified atom stereocenters. The molecule has 0 heterocycles. The van der Waals surface area contributed by atoms with Crippen molar-refractivity contribution in [3.63, 3.8) is 0 Å². The van der Waals surface area contributed by atoms with E-state index in [-0.39, 0.29) is 5.97 Å². The summed E-state index contributed by atoms with van der Waals surface area (Å²) >= 11 is 5.99. The van der Waals surface area contributed by atoms with Crippen molar-refractivity contribution in [3.05, 3.63) is 29.3 Å². The Labute approximate surface area is 119 Å². The average molecular weight is 282 g/mol. The highest BCUT2D eigenvalue weighted by atomic mass is 35.5. The molecule has 2 rings (SSSR count). The number of halogens is 1. The van der Waals surface area contributed by atoms with Crippen LogP contribution in [0.4, 0.5) is 5.69 Å². The van der Waals surface area contributed by atoms with Crippen LogP contribution in [0.15, 0.2) is 24.3 Å². The lowest BCUT2D eigenvalue weighted by Crippen LogP contribution is -2.45. The maximum absolute atomic E-state index is 12.2. The van der Waals surface area contributed by atoms with Gasteiger partial charge < -0.3 is 10.1 Å². The van der Waals surface area contributed by atoms with E-state index >= 15 is 0 Å². The molecule has 104 valence electrons. The van der Waals surface area contributed by atoms with E-state index in [4.69, 9.17) is 16.3 Å². The van der Waals surface area contributed by atoms with Crippen LogP contribution in [0.5, 0.6) is 0 Å². The normalized spacial score (nSPS) is 26.2. The fourth-order valence-corrected chi connectivity index (χ4v) is 3.07. The number of carbonyl (C=O) groups is 1. The van der Waals surface area contributed by atoms with Crippen molar-refractivity contribution < 1.29 is 9.53 Å². The van der Waals surface area contributed by atoms with Gasteiger partial charge in [0.1, 0.15) is 5.54 Å². The van der Waals surface area contributed by atoms with Gasteiger partial charge in [-0.3, -0.25) is 0 Å². The lowest BCUT2D eigenvalue weighted by atomic mass is 9.94. The first kappa shape index (κ1) is 14.2. The van der Waals surface area contributed by atoms with Gasteiger partial charge in [-0.25, -0.2) is 4.79 Å². The SMILES string of the molecule is CCC1CCC(Nc2cccc(Cl)c2)(C(=O)OC)C1. The molecule has 0 saturated heterocycles. The summed E-state index contributed by atoms with van der Waals surface area (Å²) in [6, 6.07) is 7.46. The van der Waals surface area contributed by atoms with Gasteiger partial charge in [-0.2, -0.15) is 0 Å². The van der Waals surface area contributed by atoms with Crippen molar-refractivity contribution >= 4 is 23.3 Å². The van der Waals surface area contributed by atoms with Gasteiger partial charge in [0.25, 0.3) is 0 Å². The van der Waals surface area contributed by atoms with Crippen molar-refractivity contribution in [2.24, 2.45) is 5.92 Å². The Bertz CT molecular complexity index is 463. The molecule has 3 nitrogen and oxygen atoms in total. The summed E-state index contributed by atoms with van der Waals surface area (Å²) in [4.78, 5) is 12.2. The molecular weight excluding hydrogens is 262 g/mol. The predicted molar refractivity (Wildman–Crippen MR) is 77.5 cm³/mol. The van der Waals surface area contributed by atoms with E-state index in [1.54, 1.807) is 0 Å². The number of hydrogen-bond donors (Lipinski definition) is 1. The Morgan fingerprint density at radius 2 is 2.37 bits per heavy atom. The number of methoxy groups -OCH3 is 1. The van der Waals surface area contributed by atoms with Gasteiger partial charge in [0.05, 0.1) is 7.11 Å². The summed E-state index contributed by atoms with van der Waals surface area (Å²) in [5.41, 5.74) is 0.273. The smallest absolute Gasteiger partial charge is 0.331 e. The monoisotopic (exact) mass is 281 g/mol. The first-order valence-electron chi connectivity index (χ1n) is 6.72. The van der Waals surface area contributed by atoms with Crippen LogP contribution in [0.3, 0.4) is 0 Å². The highest BCUT2D eigenvalue weighted by Gasteiger charge is 2.45. The molecule has 1 aliphatic rings. The highest BCUT2D eigenvalue weighted by molar-refractivity contribution is 6.30. The molecule has 19 heavy (non-hydrogen) atoms. The maximum Gasteiger partial charge on any atom is 0.331 e. The fourth-order valence-electron chi connectivity index (χ4n) is 2.88. The van der Waals surface area contributed by atoms with Crippen LogP contribution in [0.1, 0.15) is 32.6 Å². The number of rotatable bonds is 4. The second-order valence-electron chi connectivity index (χ2n) is 5.23. The molecule has 0 aliphatic heterocycles. The number of benzene rings is 1. The minimum Gasteiger partial charge on any atom is -0.467 e. The van der Waals surface area contributed by atoms with Gasteiger partial charge in [0, 0.05) is 10.7 Å². The highest BCUT2D eigenvalue weighted by Crippen LogP contribution is 2.39. The first-order valence-corrected chi connectivity index (χ1v) is 7.09. The number of ether oxygens (including phenoxy) is 1. The first-order chi connectivity index (χ1) is 9.09. The number of anilines is 1. The number of hydrogen-bond acceptors (Lipinski definition) is 3. The molecule has 0 radical (unpaired) electrons. The lowest BCUT2D eigenvalue weighted by molar-refractivity contribution is -0.145. The van der Waals surface area contributed by atoms with Crippen LogP contribution in [0.25, 0.3) is 0 Å². The quantitative estimate of drug-likeness (QED) is 0.852. The zero-order valence-electron chi connectivity index (χ0n) is 11.4. The zero-order chi connectivity index (χ0) is 13.9. The van der Waals surface area contributed by atoms with Crippen molar-refractivity contribution in [1.29, 1.82) is 0 Å². The summed E-state index contributed by atoms with van der Waals surface area (Å²) in [6.45, 7) is 2.16. The molecule has 1 aromatic rings. The molecule has 1 N–H and O–H groups in total. The van der Waals surface area contributed by atoms with Crippen LogP contribution in [0.2, 0.25) is 5.02 Å². The second-order valence-corrected chi connectivity index (χ2v) is 5.66. The molecule has 1 aromatic carbocycles. The van der Waals surface area contributed by atoms with E-state index in [2.05, 4.69) is 12.2 Å². The van der Waals surface area contributed by atoms with Gasteiger partial charge in [-0.1, -0.05) is 31.0 Å². The third-order valence-electron chi connectivity index (χ3n) is 3.98. The predicted octanol–water partition coefficient (Wildman–Crippen LogP) is 3.87. The third-order valence-corrected chi connectivity index (χ3v) is 4.21. The molecule has 2 atom stereocenters. The van der Waals surface area contributed by atoms with Crippen molar-refractivity contribution in [3.8, 4) is 0 Å². The van der Waals surface area contributed by atoms with E-state index in [1.165, 1.54) is 7.11 Å². The van der Waals surface area contributed by atoms with Gasteiger partial charge in [-0.05, 0) is 43.4 Å². The van der Waals surface area contributed by atoms with E-state index in [0.29, 0.717) is 10.9 Å². The Hall–Kier alpha value is -1.22. The Kier molecular flexibility index (Phi) is 4.35. The molecule has 1 fully saturated rings. The number of carbonyl (C=O) groups excluding carboxylic acids is 1. The third kappa shape index (κ3) is 3.03. The van der Waals surface area contributed by atoms with Crippen LogP contribution in [0, 0.1) is 5.92 Å². The molecule has 4 heteroatoms. The van der Waals surface area contributed by atoms with Crippen molar-refractivity contribution in [2.45, 2.75) is 38.1 Å². The van der Waals surface area contributed by atoms with Crippen LogP contribution < -0.4 is 5.32 Å². The summed E-state index contributed by atoms with van der Waals surface area (Å²) in [7, 11) is 1.45. The summed E-state index contributed by atoms with van der Waals surface area (Å²) in [5, 5.41) is 4.01. The molecule has 1 saturated carbocycles. The Balaban J connectivity index is 2.22. The molecule has 0 spiro atoms. The largest absolute Gasteiger partial charge is 0.467 e. The molecule has 0 aromatic heterocycles. The zero-order valence-corrected chi connectivity index (χ0v) is 12.2. The molecule has 0 amide bonds. The average Bonchev–Trinajstić information content (AvgIpc) is 2.82. The minimum absolute atomic E-state index is 0.177. The molecule has 0 bridgehead atoms. The minimum atomic E-state index is -0.597. The second kappa shape index (κ2) is 5.83. The topological polar surface area (TPSA) is 38.3 Å². The molecular formula is C15H20ClNO2. The van der Waals surface area contributed by atoms with Gasteiger partial charge in [-0.15, -0.1) is 0 Å². The number of esters is 1. The van der Waals surface area contributed by atoms with Crippen LogP contribution >= 0.6 is 11.6 Å². The Morgan fingerprint density at radius 3 is 2.95 bits per heavy atom. The number of nitrogens with one attached hydrogen (secondary N) is 1. The van der Waals surface area contributed by atoms with Gasteiger partial charge in [0.2, 0.25) is 0 Å². The standard InChI is InChI=1S/C15H20ClNO2/c1-3-11-7-8-15(10-11,14(18)19-2)17-13-6-4-5-12(16)9-13/h4-6,9,11,17H,3,7-8,10H2,1-2H3. The van der Waals surface area contributed by atoms with Crippen LogP contribution in [-0.2, 0) is 9.53 Å².